The Morgan fingerprint density at radius 1 is 1.18 bits per heavy atom. The Morgan fingerprint density at radius 2 is 1.97 bits per heavy atom. The van der Waals surface area contributed by atoms with Crippen molar-refractivity contribution in [1.29, 1.82) is 0 Å². The third-order valence-corrected chi connectivity index (χ3v) is 7.93. The fraction of sp³-hybridized carbons (Fsp3) is 0.500. The summed E-state index contributed by atoms with van der Waals surface area (Å²) in [6.07, 6.45) is 5.59. The number of fused-ring (bicyclic) bond motifs is 1. The zero-order valence-electron chi connectivity index (χ0n) is 22.2. The number of aromatic nitrogens is 3. The van der Waals surface area contributed by atoms with Crippen LogP contribution in [0.1, 0.15) is 52.5 Å². The van der Waals surface area contributed by atoms with Gasteiger partial charge in [-0.25, -0.2) is 17.9 Å². The molecule has 0 aliphatic carbocycles. The van der Waals surface area contributed by atoms with Crippen molar-refractivity contribution in [2.75, 3.05) is 42.6 Å². The fourth-order valence-electron chi connectivity index (χ4n) is 5.48. The van der Waals surface area contributed by atoms with E-state index in [-0.39, 0.29) is 29.8 Å². The highest BCUT2D eigenvalue weighted by molar-refractivity contribution is 7.92. The van der Waals surface area contributed by atoms with Crippen molar-refractivity contribution in [1.82, 2.24) is 19.5 Å². The number of benzene rings is 1. The largest absolute Gasteiger partial charge is 0.378 e. The van der Waals surface area contributed by atoms with Crippen LogP contribution in [0.4, 0.5) is 11.5 Å². The molecule has 3 unspecified atom stereocenters. The molecule has 0 saturated carbocycles. The van der Waals surface area contributed by atoms with Crippen molar-refractivity contribution in [2.45, 2.75) is 51.3 Å². The van der Waals surface area contributed by atoms with Gasteiger partial charge < -0.3 is 20.3 Å². The van der Waals surface area contributed by atoms with Crippen LogP contribution < -0.4 is 15.4 Å². The molecule has 204 valence electrons. The fourth-order valence-corrected chi connectivity index (χ4v) is 6.06. The molecule has 3 N–H and O–H groups in total. The van der Waals surface area contributed by atoms with Crippen LogP contribution in [0, 0.1) is 13.8 Å². The van der Waals surface area contributed by atoms with Crippen molar-refractivity contribution in [3.8, 4) is 0 Å². The Kier molecular flexibility index (Phi) is 7.05. The Bertz CT molecular complexity index is 1470. The minimum atomic E-state index is -3.55. The van der Waals surface area contributed by atoms with Crippen molar-refractivity contribution in [2.24, 2.45) is 5.73 Å². The summed E-state index contributed by atoms with van der Waals surface area (Å²) in [5, 5.41) is 4.82. The summed E-state index contributed by atoms with van der Waals surface area (Å²) in [4.78, 5) is 22.7. The molecule has 12 heteroatoms. The smallest absolute Gasteiger partial charge is 0.256 e. The zero-order chi connectivity index (χ0) is 27.2. The SMILES string of the molecule is COC1CN(c2nc3cc(C4CCCCN4C(=O)c4cc(C)ccc4NS(C)(=O)=O)nn3cc2C)CC1N. The van der Waals surface area contributed by atoms with E-state index in [1.54, 1.807) is 29.8 Å². The van der Waals surface area contributed by atoms with Gasteiger partial charge in [0.15, 0.2) is 5.65 Å². The molecule has 0 spiro atoms. The number of sulfonamides is 1. The van der Waals surface area contributed by atoms with Crippen LogP contribution in [-0.2, 0) is 14.8 Å². The van der Waals surface area contributed by atoms with Gasteiger partial charge in [-0.05, 0) is 45.2 Å². The van der Waals surface area contributed by atoms with E-state index >= 15 is 0 Å². The molecular weight excluding hydrogens is 506 g/mol. The molecule has 4 heterocycles. The molecule has 5 rings (SSSR count). The van der Waals surface area contributed by atoms with Gasteiger partial charge in [0, 0.05) is 44.6 Å². The van der Waals surface area contributed by atoms with Crippen molar-refractivity contribution >= 4 is 33.1 Å². The van der Waals surface area contributed by atoms with Gasteiger partial charge in [-0.3, -0.25) is 9.52 Å². The third-order valence-electron chi connectivity index (χ3n) is 7.34. The number of ether oxygens (including phenoxy) is 1. The first-order valence-electron chi connectivity index (χ1n) is 12.8. The molecular formula is C26H35N7O4S. The molecule has 0 bridgehead atoms. The van der Waals surface area contributed by atoms with E-state index in [2.05, 4.69) is 9.62 Å². The molecule has 2 aliphatic rings. The van der Waals surface area contributed by atoms with Crippen LogP contribution in [0.2, 0.25) is 0 Å². The minimum absolute atomic E-state index is 0.0431. The molecule has 11 nitrogen and oxygen atoms in total. The number of rotatable bonds is 6. The van der Waals surface area contributed by atoms with Gasteiger partial charge >= 0.3 is 0 Å². The Balaban J connectivity index is 1.47. The second-order valence-electron chi connectivity index (χ2n) is 10.4. The number of aryl methyl sites for hydroxylation is 2. The van der Waals surface area contributed by atoms with Gasteiger partial charge in [0.05, 0.1) is 41.4 Å². The van der Waals surface area contributed by atoms with Crippen LogP contribution in [0.15, 0.2) is 30.5 Å². The summed E-state index contributed by atoms with van der Waals surface area (Å²) in [7, 11) is -1.87. The van der Waals surface area contributed by atoms with Gasteiger partial charge in [0.25, 0.3) is 5.91 Å². The van der Waals surface area contributed by atoms with E-state index in [1.165, 1.54) is 0 Å². The summed E-state index contributed by atoms with van der Waals surface area (Å²) in [5.41, 5.74) is 10.2. The highest BCUT2D eigenvalue weighted by atomic mass is 32.2. The molecule has 2 saturated heterocycles. The Morgan fingerprint density at radius 3 is 2.68 bits per heavy atom. The van der Waals surface area contributed by atoms with Crippen molar-refractivity contribution in [3.05, 3.63) is 52.8 Å². The number of anilines is 2. The number of nitrogens with one attached hydrogen (secondary N) is 1. The van der Waals surface area contributed by atoms with Crippen molar-refractivity contribution < 1.29 is 17.9 Å². The number of amides is 1. The molecule has 3 aromatic rings. The molecule has 1 aromatic carbocycles. The maximum Gasteiger partial charge on any atom is 0.256 e. The average Bonchev–Trinajstić information content (AvgIpc) is 3.45. The van der Waals surface area contributed by atoms with E-state index in [0.717, 1.165) is 48.2 Å². The standard InChI is InChI=1S/C26H35N7O4S/c1-16-8-9-20(30-38(4,35)36)18(11-16)26(34)32-10-6-5-7-22(32)21-12-24-28-25(17(2)13-33(24)29-21)31-14-19(27)23(15-31)37-3/h8-9,11-13,19,22-23,30H,5-7,10,14-15,27H2,1-4H3. The maximum atomic E-state index is 13.8. The number of hydrogen-bond acceptors (Lipinski definition) is 8. The predicted molar refractivity (Wildman–Crippen MR) is 146 cm³/mol. The van der Waals surface area contributed by atoms with Crippen LogP contribution in [0.5, 0.6) is 0 Å². The average molecular weight is 542 g/mol. The van der Waals surface area contributed by atoms with Crippen LogP contribution in [0.25, 0.3) is 5.65 Å². The van der Waals surface area contributed by atoms with Gasteiger partial charge in [-0.2, -0.15) is 5.10 Å². The summed E-state index contributed by atoms with van der Waals surface area (Å²) in [6, 6.07) is 6.77. The van der Waals surface area contributed by atoms with Gasteiger partial charge in [0.1, 0.15) is 5.82 Å². The zero-order valence-corrected chi connectivity index (χ0v) is 23.0. The summed E-state index contributed by atoms with van der Waals surface area (Å²) in [6.45, 7) is 5.78. The molecule has 3 atom stereocenters. The minimum Gasteiger partial charge on any atom is -0.378 e. The number of carbonyl (C=O) groups excluding carboxylic acids is 1. The Hall–Kier alpha value is -3.22. The summed E-state index contributed by atoms with van der Waals surface area (Å²) < 4.78 is 33.7. The predicted octanol–water partition coefficient (Wildman–Crippen LogP) is 2.25. The lowest BCUT2D eigenvalue weighted by atomic mass is 9.97. The van der Waals surface area contributed by atoms with Gasteiger partial charge in [-0.15, -0.1) is 0 Å². The first-order chi connectivity index (χ1) is 18.0. The van der Waals surface area contributed by atoms with Crippen molar-refractivity contribution in [3.63, 3.8) is 0 Å². The normalized spacial score (nSPS) is 22.3. The molecule has 1 amide bonds. The third kappa shape index (κ3) is 5.20. The van der Waals surface area contributed by atoms with Gasteiger partial charge in [-0.1, -0.05) is 11.6 Å². The second kappa shape index (κ2) is 10.2. The number of piperidine rings is 1. The maximum absolute atomic E-state index is 13.8. The van der Waals surface area contributed by atoms with E-state index in [0.29, 0.717) is 30.8 Å². The monoisotopic (exact) mass is 541 g/mol. The molecule has 2 aromatic heterocycles. The van der Waals surface area contributed by atoms with E-state index in [1.807, 2.05) is 31.0 Å². The second-order valence-corrected chi connectivity index (χ2v) is 12.1. The van der Waals surface area contributed by atoms with Crippen LogP contribution in [0.3, 0.4) is 0 Å². The summed E-state index contributed by atoms with van der Waals surface area (Å²) >= 11 is 0. The van der Waals surface area contributed by atoms with Crippen LogP contribution in [-0.4, -0.2) is 79.0 Å². The summed E-state index contributed by atoms with van der Waals surface area (Å²) in [5.74, 6) is 0.634. The number of carbonyl (C=O) groups is 1. The van der Waals surface area contributed by atoms with Crippen LogP contribution >= 0.6 is 0 Å². The van der Waals surface area contributed by atoms with Gasteiger partial charge in [0.2, 0.25) is 10.0 Å². The first kappa shape index (κ1) is 26.4. The molecule has 38 heavy (non-hydrogen) atoms. The molecule has 0 radical (unpaired) electrons. The lowest BCUT2D eigenvalue weighted by molar-refractivity contribution is 0.0606. The first-order valence-corrected chi connectivity index (χ1v) is 14.7. The highest BCUT2D eigenvalue weighted by Gasteiger charge is 2.34. The highest BCUT2D eigenvalue weighted by Crippen LogP contribution is 2.34. The number of methoxy groups -OCH3 is 1. The Labute approximate surface area is 223 Å². The number of likely N-dealkylation sites (tertiary alicyclic amines) is 1. The molecule has 2 aliphatic heterocycles. The number of hydrogen-bond donors (Lipinski definition) is 2. The molecule has 2 fully saturated rings. The number of nitrogens with zero attached hydrogens (tertiary/aromatic N) is 5. The quantitative estimate of drug-likeness (QED) is 0.485. The topological polar surface area (TPSA) is 135 Å². The lowest BCUT2D eigenvalue weighted by Gasteiger charge is -2.35. The lowest BCUT2D eigenvalue weighted by Crippen LogP contribution is -2.39. The van der Waals surface area contributed by atoms with E-state index < -0.39 is 10.0 Å². The van der Waals surface area contributed by atoms with E-state index in [9.17, 15) is 13.2 Å². The number of nitrogens with two attached hydrogens (primary N) is 1. The van der Waals surface area contributed by atoms with E-state index in [4.69, 9.17) is 20.6 Å².